The zero-order valence-electron chi connectivity index (χ0n) is 9.34. The molecule has 0 aliphatic heterocycles. The molecule has 2 heteroatoms. The first-order valence-electron chi connectivity index (χ1n) is 6.33. The smallest absolute Gasteiger partial charge is 0.139 e. The molecule has 2 nitrogen and oxygen atoms in total. The van der Waals surface area contributed by atoms with E-state index in [1.54, 1.807) is 0 Å². The Morgan fingerprint density at radius 1 is 0.933 bits per heavy atom. The van der Waals surface area contributed by atoms with Gasteiger partial charge in [0.25, 0.3) is 0 Å². The predicted molar refractivity (Wildman–Crippen MR) is 58.5 cm³/mol. The Hall–Kier alpha value is -0.660. The van der Waals surface area contributed by atoms with Gasteiger partial charge in [-0.25, -0.2) is 0 Å². The van der Waals surface area contributed by atoms with Crippen molar-refractivity contribution < 1.29 is 9.59 Å². The fraction of sp³-hybridized carbons (Fsp3) is 0.846. The summed E-state index contributed by atoms with van der Waals surface area (Å²) in [6, 6.07) is 0. The minimum atomic E-state index is 0.0781. The summed E-state index contributed by atoms with van der Waals surface area (Å²) >= 11 is 0. The molecule has 0 aromatic heterocycles. The van der Waals surface area contributed by atoms with Crippen LogP contribution in [0.25, 0.3) is 0 Å². The van der Waals surface area contributed by atoms with E-state index in [0.29, 0.717) is 24.4 Å². The van der Waals surface area contributed by atoms with Crippen molar-refractivity contribution in [2.45, 2.75) is 57.8 Å². The monoisotopic (exact) mass is 208 g/mol. The summed E-state index contributed by atoms with van der Waals surface area (Å²) in [4.78, 5) is 23.5. The van der Waals surface area contributed by atoms with Crippen molar-refractivity contribution in [2.24, 2.45) is 11.8 Å². The van der Waals surface area contributed by atoms with Crippen LogP contribution in [0.15, 0.2) is 0 Å². The van der Waals surface area contributed by atoms with E-state index in [-0.39, 0.29) is 11.8 Å². The fourth-order valence-corrected chi connectivity index (χ4v) is 2.99. The van der Waals surface area contributed by atoms with E-state index >= 15 is 0 Å². The maximum atomic E-state index is 12.1. The van der Waals surface area contributed by atoms with Crippen molar-refractivity contribution >= 4 is 11.6 Å². The number of Topliss-reactive ketones (excluding diaryl/α,β-unsaturated/α-hetero) is 2. The topological polar surface area (TPSA) is 34.1 Å². The van der Waals surface area contributed by atoms with Crippen LogP contribution >= 0.6 is 0 Å². The highest BCUT2D eigenvalue weighted by Gasteiger charge is 2.31. The molecule has 0 saturated heterocycles. The number of rotatable bonds is 2. The molecule has 2 rings (SSSR count). The van der Waals surface area contributed by atoms with Gasteiger partial charge >= 0.3 is 0 Å². The molecule has 15 heavy (non-hydrogen) atoms. The summed E-state index contributed by atoms with van der Waals surface area (Å²) in [6.07, 6.45) is 8.97. The molecule has 0 aromatic rings. The molecule has 0 bridgehead atoms. The number of hydrogen-bond acceptors (Lipinski definition) is 2. The molecule has 0 N–H and O–H groups in total. The Kier molecular flexibility index (Phi) is 3.55. The van der Waals surface area contributed by atoms with E-state index in [0.717, 1.165) is 25.7 Å². The second kappa shape index (κ2) is 4.91. The fourth-order valence-electron chi connectivity index (χ4n) is 2.99. The molecule has 0 radical (unpaired) electrons. The minimum absolute atomic E-state index is 0.0781. The average molecular weight is 208 g/mol. The van der Waals surface area contributed by atoms with E-state index in [1.807, 2.05) is 0 Å². The third-order valence-corrected chi connectivity index (χ3v) is 3.89. The van der Waals surface area contributed by atoms with Crippen molar-refractivity contribution in [1.82, 2.24) is 0 Å². The molecule has 0 heterocycles. The lowest BCUT2D eigenvalue weighted by molar-refractivity contribution is -0.133. The largest absolute Gasteiger partial charge is 0.300 e. The number of carbonyl (C=O) groups is 2. The van der Waals surface area contributed by atoms with E-state index in [2.05, 4.69) is 0 Å². The van der Waals surface area contributed by atoms with Gasteiger partial charge in [-0.3, -0.25) is 9.59 Å². The van der Waals surface area contributed by atoms with E-state index < -0.39 is 0 Å². The molecule has 1 atom stereocenters. The summed E-state index contributed by atoms with van der Waals surface area (Å²) in [7, 11) is 0. The molecule has 1 unspecified atom stereocenters. The van der Waals surface area contributed by atoms with Crippen LogP contribution in [0.1, 0.15) is 57.8 Å². The molecule has 2 aliphatic rings. The van der Waals surface area contributed by atoms with Gasteiger partial charge in [-0.15, -0.1) is 0 Å². The van der Waals surface area contributed by atoms with Crippen molar-refractivity contribution in [2.75, 3.05) is 0 Å². The molecular weight excluding hydrogens is 188 g/mol. The Balaban J connectivity index is 1.90. The molecule has 0 amide bonds. The Morgan fingerprint density at radius 2 is 1.60 bits per heavy atom. The Bertz CT molecular complexity index is 251. The lowest BCUT2D eigenvalue weighted by atomic mass is 9.76. The van der Waals surface area contributed by atoms with Gasteiger partial charge in [0.1, 0.15) is 11.6 Å². The minimum Gasteiger partial charge on any atom is -0.300 e. The predicted octanol–water partition coefficient (Wildman–Crippen LogP) is 2.90. The summed E-state index contributed by atoms with van der Waals surface area (Å²) in [6.45, 7) is 0. The van der Waals surface area contributed by atoms with Crippen LogP contribution in [0.2, 0.25) is 0 Å². The molecule has 84 valence electrons. The summed E-state index contributed by atoms with van der Waals surface area (Å²) in [5, 5.41) is 0. The normalized spacial score (nSPS) is 29.1. The lowest BCUT2D eigenvalue weighted by Gasteiger charge is -2.27. The van der Waals surface area contributed by atoms with Crippen LogP contribution in [-0.2, 0) is 9.59 Å². The molecule has 0 aromatic carbocycles. The first-order chi connectivity index (χ1) is 7.27. The van der Waals surface area contributed by atoms with Crippen LogP contribution in [0.4, 0.5) is 0 Å². The third-order valence-electron chi connectivity index (χ3n) is 3.89. The van der Waals surface area contributed by atoms with Crippen molar-refractivity contribution in [3.05, 3.63) is 0 Å². The second-order valence-corrected chi connectivity index (χ2v) is 5.07. The van der Waals surface area contributed by atoms with Crippen molar-refractivity contribution in [1.29, 1.82) is 0 Å². The highest BCUT2D eigenvalue weighted by molar-refractivity contribution is 5.90. The standard InChI is InChI=1S/C13H20O2/c14-12-8-4-7-11(9-12)13(15)10-5-2-1-3-6-10/h10-11H,1-9H2. The molecule has 2 fully saturated rings. The number of carbonyl (C=O) groups excluding carboxylic acids is 2. The molecular formula is C13H20O2. The number of hydrogen-bond donors (Lipinski definition) is 0. The summed E-state index contributed by atoms with van der Waals surface area (Å²) < 4.78 is 0. The van der Waals surface area contributed by atoms with Gasteiger partial charge in [-0.1, -0.05) is 19.3 Å². The average Bonchev–Trinajstić information content (AvgIpc) is 2.29. The first-order valence-corrected chi connectivity index (χ1v) is 6.33. The molecule has 2 saturated carbocycles. The van der Waals surface area contributed by atoms with Gasteiger partial charge in [-0.2, -0.15) is 0 Å². The molecule has 0 spiro atoms. The SMILES string of the molecule is O=C1CCCC(C(=O)C2CCCCC2)C1. The highest BCUT2D eigenvalue weighted by atomic mass is 16.1. The van der Waals surface area contributed by atoms with Crippen LogP contribution in [-0.4, -0.2) is 11.6 Å². The number of ketones is 2. The van der Waals surface area contributed by atoms with Crippen LogP contribution < -0.4 is 0 Å². The van der Waals surface area contributed by atoms with Gasteiger partial charge in [0, 0.05) is 24.7 Å². The second-order valence-electron chi connectivity index (χ2n) is 5.07. The zero-order valence-corrected chi connectivity index (χ0v) is 9.34. The Morgan fingerprint density at radius 3 is 2.27 bits per heavy atom. The molecule has 2 aliphatic carbocycles. The van der Waals surface area contributed by atoms with Gasteiger partial charge in [0.05, 0.1) is 0 Å². The third kappa shape index (κ3) is 2.67. The maximum absolute atomic E-state index is 12.1. The Labute approximate surface area is 91.4 Å². The summed E-state index contributed by atoms with van der Waals surface area (Å²) in [5.74, 6) is 1.07. The van der Waals surface area contributed by atoms with Gasteiger partial charge < -0.3 is 0 Å². The van der Waals surface area contributed by atoms with Crippen LogP contribution in [0.5, 0.6) is 0 Å². The van der Waals surface area contributed by atoms with Crippen molar-refractivity contribution in [3.8, 4) is 0 Å². The van der Waals surface area contributed by atoms with Crippen LogP contribution in [0, 0.1) is 11.8 Å². The van der Waals surface area contributed by atoms with Gasteiger partial charge in [0.15, 0.2) is 0 Å². The summed E-state index contributed by atoms with van der Waals surface area (Å²) in [5.41, 5.74) is 0. The lowest BCUT2D eigenvalue weighted by Crippen LogP contribution is -2.29. The maximum Gasteiger partial charge on any atom is 0.139 e. The zero-order chi connectivity index (χ0) is 10.7. The quantitative estimate of drug-likeness (QED) is 0.699. The van der Waals surface area contributed by atoms with Gasteiger partial charge in [-0.05, 0) is 25.7 Å². The van der Waals surface area contributed by atoms with E-state index in [4.69, 9.17) is 0 Å². The highest BCUT2D eigenvalue weighted by Crippen LogP contribution is 2.31. The van der Waals surface area contributed by atoms with E-state index in [1.165, 1.54) is 19.3 Å². The van der Waals surface area contributed by atoms with E-state index in [9.17, 15) is 9.59 Å². The van der Waals surface area contributed by atoms with Crippen LogP contribution in [0.3, 0.4) is 0 Å². The first kappa shape index (κ1) is 10.8. The van der Waals surface area contributed by atoms with Gasteiger partial charge in [0.2, 0.25) is 0 Å². The van der Waals surface area contributed by atoms with Crippen molar-refractivity contribution in [3.63, 3.8) is 0 Å².